The van der Waals surface area contributed by atoms with Gasteiger partial charge in [-0.1, -0.05) is 0 Å². The molecule has 4 rings (SSSR count). The first-order chi connectivity index (χ1) is 18.7. The van der Waals surface area contributed by atoms with Gasteiger partial charge in [-0.3, -0.25) is 0 Å². The molecular formula is C26H38O14. The number of aliphatic hydroxyl groups is 9. The molecule has 15 atom stereocenters. The Balaban J connectivity index is 2.00. The Morgan fingerprint density at radius 3 is 1.25 bits per heavy atom. The molecule has 3 heterocycles. The third kappa shape index (κ3) is 5.28. The summed E-state index contributed by atoms with van der Waals surface area (Å²) in [5.74, 6) is -0.860. The number of aliphatic hydroxyl groups excluding tert-OH is 9. The molecule has 40 heavy (non-hydrogen) atoms. The van der Waals surface area contributed by atoms with E-state index in [2.05, 4.69) is 0 Å². The van der Waals surface area contributed by atoms with Crippen LogP contribution in [0.3, 0.4) is 0 Å². The molecular weight excluding hydrogens is 536 g/mol. The number of hydrogen-bond donors (Lipinski definition) is 9. The van der Waals surface area contributed by atoms with Crippen molar-refractivity contribution < 1.29 is 69.7 Å². The number of carbonyl (C=O) groups excluding carboxylic acids is 1. The average molecular weight is 575 g/mol. The van der Waals surface area contributed by atoms with Crippen molar-refractivity contribution in [2.24, 2.45) is 0 Å². The molecule has 0 amide bonds. The van der Waals surface area contributed by atoms with Gasteiger partial charge in [-0.25, -0.2) is 4.79 Å². The van der Waals surface area contributed by atoms with Crippen LogP contribution in [0, 0.1) is 0 Å². The van der Waals surface area contributed by atoms with Gasteiger partial charge in [0.2, 0.25) is 0 Å². The van der Waals surface area contributed by atoms with Crippen LogP contribution in [0.4, 0.5) is 0 Å². The van der Waals surface area contributed by atoms with E-state index in [1.165, 1.54) is 32.9 Å². The fourth-order valence-corrected chi connectivity index (χ4v) is 5.64. The van der Waals surface area contributed by atoms with Gasteiger partial charge in [-0.2, -0.15) is 0 Å². The van der Waals surface area contributed by atoms with Crippen molar-refractivity contribution in [3.63, 3.8) is 0 Å². The number of carbonyl (C=O) groups is 1. The summed E-state index contributed by atoms with van der Waals surface area (Å²) in [5, 5.41) is 95.5. The first-order valence-electron chi connectivity index (χ1n) is 13.1. The Bertz CT molecular complexity index is 1010. The molecule has 3 saturated heterocycles. The van der Waals surface area contributed by atoms with E-state index in [0.29, 0.717) is 0 Å². The zero-order valence-corrected chi connectivity index (χ0v) is 22.4. The third-order valence-electron chi connectivity index (χ3n) is 8.12. The minimum absolute atomic E-state index is 0.0439. The summed E-state index contributed by atoms with van der Waals surface area (Å²) < 4.78 is 22.5. The number of hydrogen-bond acceptors (Lipinski definition) is 14. The number of benzene rings is 1. The third-order valence-corrected chi connectivity index (χ3v) is 8.12. The topological polar surface area (TPSA) is 236 Å². The maximum atomic E-state index is 12.7. The molecule has 3 fully saturated rings. The summed E-state index contributed by atoms with van der Waals surface area (Å²) in [4.78, 5) is 12.7. The van der Waals surface area contributed by atoms with E-state index in [0.717, 1.165) is 7.11 Å². The first-order valence-corrected chi connectivity index (χ1v) is 13.1. The van der Waals surface area contributed by atoms with Crippen LogP contribution in [0.5, 0.6) is 0 Å². The summed E-state index contributed by atoms with van der Waals surface area (Å²) in [6.45, 7) is 4.33. The Hall–Kier alpha value is -1.79. The van der Waals surface area contributed by atoms with Crippen molar-refractivity contribution in [2.45, 2.75) is 112 Å². The molecule has 1 aromatic carbocycles. The number of methoxy groups -OCH3 is 1. The number of rotatable bonds is 4. The van der Waals surface area contributed by atoms with E-state index < -0.39 is 97.5 Å². The second kappa shape index (κ2) is 11.8. The molecule has 0 saturated carbocycles. The average Bonchev–Trinajstić information content (AvgIpc) is 2.94. The van der Waals surface area contributed by atoms with E-state index in [-0.39, 0.29) is 22.3 Å². The molecule has 0 aromatic heterocycles. The molecule has 0 bridgehead atoms. The fraction of sp³-hybridized carbons (Fsp3) is 0.731. The van der Waals surface area contributed by atoms with E-state index >= 15 is 0 Å². The van der Waals surface area contributed by atoms with Crippen molar-refractivity contribution in [1.82, 2.24) is 0 Å². The highest BCUT2D eigenvalue weighted by atomic mass is 16.6. The summed E-state index contributed by atoms with van der Waals surface area (Å²) >= 11 is 0. The molecule has 226 valence electrons. The second-order valence-electron chi connectivity index (χ2n) is 10.8. The van der Waals surface area contributed by atoms with Gasteiger partial charge in [-0.05, 0) is 49.6 Å². The first kappa shape index (κ1) is 31.2. The molecule has 0 spiro atoms. The maximum Gasteiger partial charge on any atom is 0.337 e. The molecule has 3 aliphatic heterocycles. The van der Waals surface area contributed by atoms with Gasteiger partial charge >= 0.3 is 5.97 Å². The lowest BCUT2D eigenvalue weighted by molar-refractivity contribution is -0.230. The molecule has 3 aliphatic rings. The largest absolute Gasteiger partial charge is 0.465 e. The van der Waals surface area contributed by atoms with Crippen molar-refractivity contribution in [3.05, 3.63) is 34.4 Å². The van der Waals surface area contributed by atoms with Gasteiger partial charge in [0.05, 0.1) is 31.0 Å². The van der Waals surface area contributed by atoms with E-state index in [1.54, 1.807) is 0 Å². The van der Waals surface area contributed by atoms with Gasteiger partial charge < -0.3 is 64.9 Å². The molecule has 1 aromatic rings. The van der Waals surface area contributed by atoms with Gasteiger partial charge in [0, 0.05) is 0 Å². The van der Waals surface area contributed by atoms with Crippen molar-refractivity contribution in [3.8, 4) is 0 Å². The lowest BCUT2D eigenvalue weighted by atomic mass is 9.78. The highest BCUT2D eigenvalue weighted by Crippen LogP contribution is 2.46. The van der Waals surface area contributed by atoms with Crippen LogP contribution in [-0.2, 0) is 18.9 Å². The maximum absolute atomic E-state index is 12.7. The summed E-state index contributed by atoms with van der Waals surface area (Å²) in [6.07, 6.45) is -22.2. The minimum Gasteiger partial charge on any atom is -0.465 e. The van der Waals surface area contributed by atoms with Crippen LogP contribution in [0.2, 0.25) is 0 Å². The zero-order chi connectivity index (χ0) is 29.8. The van der Waals surface area contributed by atoms with Crippen LogP contribution in [0.1, 0.15) is 66.1 Å². The Morgan fingerprint density at radius 2 is 0.900 bits per heavy atom. The predicted octanol–water partition coefficient (Wildman–Crippen LogP) is -2.90. The highest BCUT2D eigenvalue weighted by Gasteiger charge is 2.50. The normalized spacial score (nSPS) is 46.2. The van der Waals surface area contributed by atoms with Crippen LogP contribution in [0.25, 0.3) is 0 Å². The van der Waals surface area contributed by atoms with Crippen molar-refractivity contribution in [2.75, 3.05) is 7.11 Å². The van der Waals surface area contributed by atoms with Gasteiger partial charge in [0.15, 0.2) is 0 Å². The standard InChI is InChI=1S/C26H38O14/c1-7-14(27)17(30)20(33)23(38-7)11-5-10(26(36)37-4)6-12(24-21(34)18(31)15(28)8(2)39-24)13(11)25-22(35)19(32)16(29)9(3)40-25/h5-9,14-25,27-35H,1-4H3/t7-,8-,9-,14+,15+,16+,17+,18+,19+,20-,21-,22-,23?,24?,25?/m1/s1. The van der Waals surface area contributed by atoms with Gasteiger partial charge in [-0.15, -0.1) is 0 Å². The Labute approximate surface area is 229 Å². The van der Waals surface area contributed by atoms with Crippen molar-refractivity contribution in [1.29, 1.82) is 0 Å². The lowest BCUT2D eigenvalue weighted by Gasteiger charge is -2.45. The van der Waals surface area contributed by atoms with Gasteiger partial charge in [0.1, 0.15) is 73.2 Å². The quantitative estimate of drug-likeness (QED) is 0.164. The lowest BCUT2D eigenvalue weighted by Crippen LogP contribution is -2.56. The molecule has 14 nitrogen and oxygen atoms in total. The van der Waals surface area contributed by atoms with Crippen molar-refractivity contribution >= 4 is 5.97 Å². The molecule has 0 aliphatic carbocycles. The highest BCUT2D eigenvalue weighted by molar-refractivity contribution is 5.90. The summed E-state index contributed by atoms with van der Waals surface area (Å²) in [7, 11) is 1.12. The van der Waals surface area contributed by atoms with E-state index in [9.17, 15) is 50.8 Å². The monoisotopic (exact) mass is 574 g/mol. The summed E-state index contributed by atoms with van der Waals surface area (Å²) in [5.41, 5.74) is -0.278. The molecule has 14 heteroatoms. The Kier molecular flexibility index (Phi) is 9.22. The van der Waals surface area contributed by atoms with Crippen LogP contribution in [-0.4, -0.2) is 132 Å². The minimum atomic E-state index is -1.78. The van der Waals surface area contributed by atoms with Crippen LogP contribution < -0.4 is 0 Å². The molecule has 3 unspecified atom stereocenters. The predicted molar refractivity (Wildman–Crippen MR) is 132 cm³/mol. The zero-order valence-electron chi connectivity index (χ0n) is 22.4. The van der Waals surface area contributed by atoms with Crippen LogP contribution in [0.15, 0.2) is 12.1 Å². The van der Waals surface area contributed by atoms with Crippen LogP contribution >= 0.6 is 0 Å². The second-order valence-corrected chi connectivity index (χ2v) is 10.8. The molecule has 0 radical (unpaired) electrons. The van der Waals surface area contributed by atoms with Gasteiger partial charge in [0.25, 0.3) is 0 Å². The number of esters is 1. The fourth-order valence-electron chi connectivity index (χ4n) is 5.64. The smallest absolute Gasteiger partial charge is 0.337 e. The Morgan fingerprint density at radius 1 is 0.575 bits per heavy atom. The number of ether oxygens (including phenoxy) is 4. The van der Waals surface area contributed by atoms with E-state index in [1.807, 2.05) is 0 Å². The molecule has 9 N–H and O–H groups in total. The van der Waals surface area contributed by atoms with E-state index in [4.69, 9.17) is 18.9 Å². The summed E-state index contributed by atoms with van der Waals surface area (Å²) in [6, 6.07) is 2.50. The SMILES string of the molecule is COC(=O)c1cc(C2O[C@H](C)[C@H](O)[C@H](O)[C@H]2O)c(C2O[C@H](C)[C@H](O)[C@H](O)[C@H]2O)c(C2O[C@H](C)[C@H](O)[C@H](O)[C@H]2O)c1.